The second kappa shape index (κ2) is 9.94. The first-order valence-corrected chi connectivity index (χ1v) is 11.5. The highest BCUT2D eigenvalue weighted by molar-refractivity contribution is 5.92. The lowest BCUT2D eigenvalue weighted by Crippen LogP contribution is -2.57. The van der Waals surface area contributed by atoms with Crippen molar-refractivity contribution in [2.24, 2.45) is 5.92 Å². The molecule has 2 heterocycles. The van der Waals surface area contributed by atoms with Crippen LogP contribution >= 0.6 is 0 Å². The number of halogens is 2. The normalized spacial score (nSPS) is 22.2. The van der Waals surface area contributed by atoms with Crippen LogP contribution in [0.1, 0.15) is 49.0 Å². The van der Waals surface area contributed by atoms with E-state index in [1.165, 1.54) is 31.5 Å². The van der Waals surface area contributed by atoms with Crippen LogP contribution < -0.4 is 5.32 Å². The molecule has 2 amide bonds. The van der Waals surface area contributed by atoms with Crippen molar-refractivity contribution in [1.82, 2.24) is 30.1 Å². The number of rotatable bonds is 5. The van der Waals surface area contributed by atoms with Crippen molar-refractivity contribution < 1.29 is 18.4 Å². The molecule has 0 spiro atoms. The van der Waals surface area contributed by atoms with Crippen LogP contribution in [0.4, 0.5) is 8.78 Å². The van der Waals surface area contributed by atoms with E-state index in [9.17, 15) is 18.4 Å². The molecule has 178 valence electrons. The highest BCUT2D eigenvalue weighted by Gasteiger charge is 2.38. The number of hydrogen-bond donors (Lipinski definition) is 1. The van der Waals surface area contributed by atoms with E-state index < -0.39 is 17.5 Å². The Hall–Kier alpha value is -2.88. The number of nitrogens with zero attached hydrogens (tertiary/aromatic N) is 5. The average molecular weight is 461 g/mol. The van der Waals surface area contributed by atoms with E-state index in [1.54, 1.807) is 19.0 Å². The van der Waals surface area contributed by atoms with Gasteiger partial charge in [0.05, 0.1) is 12.1 Å². The Bertz CT molecular complexity index is 1000. The van der Waals surface area contributed by atoms with E-state index in [1.807, 2.05) is 0 Å². The maximum Gasteiger partial charge on any atom is 0.273 e. The summed E-state index contributed by atoms with van der Waals surface area (Å²) in [7, 11) is 3.45. The molecule has 2 atom stereocenters. The summed E-state index contributed by atoms with van der Waals surface area (Å²) in [5.74, 6) is -2.36. The molecule has 1 saturated heterocycles. The zero-order valence-electron chi connectivity index (χ0n) is 19.0. The quantitative estimate of drug-likeness (QED) is 0.741. The summed E-state index contributed by atoms with van der Waals surface area (Å²) in [4.78, 5) is 29.8. The Morgan fingerprint density at radius 1 is 1.12 bits per heavy atom. The van der Waals surface area contributed by atoms with Crippen LogP contribution in [0, 0.1) is 17.6 Å². The van der Waals surface area contributed by atoms with Crippen LogP contribution in [0.25, 0.3) is 5.69 Å². The lowest BCUT2D eigenvalue weighted by molar-refractivity contribution is -0.136. The zero-order chi connectivity index (χ0) is 23.5. The number of amides is 2. The Morgan fingerprint density at radius 2 is 1.88 bits per heavy atom. The van der Waals surface area contributed by atoms with Crippen molar-refractivity contribution in [2.45, 2.75) is 50.6 Å². The number of carbonyl (C=O) groups is 2. The molecular weight excluding hydrogens is 430 g/mol. The van der Waals surface area contributed by atoms with Crippen LogP contribution in [0.2, 0.25) is 0 Å². The van der Waals surface area contributed by atoms with Crippen LogP contribution in [0.5, 0.6) is 0 Å². The molecule has 0 bridgehead atoms. The van der Waals surface area contributed by atoms with E-state index in [2.05, 4.69) is 20.5 Å². The molecule has 1 saturated carbocycles. The van der Waals surface area contributed by atoms with Gasteiger partial charge in [-0.15, -0.1) is 5.10 Å². The molecule has 0 radical (unpaired) electrons. The minimum absolute atomic E-state index is 0.00415. The van der Waals surface area contributed by atoms with Gasteiger partial charge in [0.25, 0.3) is 5.91 Å². The minimum Gasteiger partial charge on any atom is -0.348 e. The number of likely N-dealkylation sites (tertiary alicyclic amines) is 1. The Balaban J connectivity index is 1.47. The molecule has 2 fully saturated rings. The molecular formula is C23H30F2N6O2. The summed E-state index contributed by atoms with van der Waals surface area (Å²) < 4.78 is 28.3. The molecule has 1 aromatic heterocycles. The maximum atomic E-state index is 14.0. The molecule has 33 heavy (non-hydrogen) atoms. The van der Waals surface area contributed by atoms with Crippen LogP contribution in [-0.4, -0.2) is 75.9 Å². The van der Waals surface area contributed by atoms with E-state index >= 15 is 0 Å². The minimum atomic E-state index is -0.807. The van der Waals surface area contributed by atoms with Gasteiger partial charge in [-0.3, -0.25) is 14.5 Å². The van der Waals surface area contributed by atoms with Crippen molar-refractivity contribution >= 4 is 11.8 Å². The summed E-state index contributed by atoms with van der Waals surface area (Å²) in [5, 5.41) is 10.6. The predicted octanol–water partition coefficient (Wildman–Crippen LogP) is 2.39. The SMILES string of the molecule is CN(C)C(=O)[C@H]1CN(C2CCCCC2)CC[C@@H]1NC(=O)c1cn(-c2ccc(F)cc2F)nn1. The van der Waals surface area contributed by atoms with E-state index in [-0.39, 0.29) is 29.2 Å². The smallest absolute Gasteiger partial charge is 0.273 e. The number of hydrogen-bond acceptors (Lipinski definition) is 5. The van der Waals surface area contributed by atoms with Gasteiger partial charge in [0.2, 0.25) is 5.91 Å². The second-order valence-corrected chi connectivity index (χ2v) is 9.14. The number of piperidine rings is 1. The van der Waals surface area contributed by atoms with Gasteiger partial charge in [-0.2, -0.15) is 0 Å². The van der Waals surface area contributed by atoms with Crippen LogP contribution in [-0.2, 0) is 4.79 Å². The van der Waals surface area contributed by atoms with Crippen LogP contribution in [0.3, 0.4) is 0 Å². The molecule has 0 unspecified atom stereocenters. The number of benzene rings is 1. The highest BCUT2D eigenvalue weighted by atomic mass is 19.1. The summed E-state index contributed by atoms with van der Waals surface area (Å²) >= 11 is 0. The number of aromatic nitrogens is 3. The molecule has 4 rings (SSSR count). The van der Waals surface area contributed by atoms with Gasteiger partial charge in [0.15, 0.2) is 11.5 Å². The summed E-state index contributed by atoms with van der Waals surface area (Å²) in [6.07, 6.45) is 7.98. The van der Waals surface area contributed by atoms with Gasteiger partial charge in [-0.05, 0) is 31.4 Å². The van der Waals surface area contributed by atoms with E-state index in [0.29, 0.717) is 19.0 Å². The third kappa shape index (κ3) is 5.21. The van der Waals surface area contributed by atoms with Gasteiger partial charge < -0.3 is 10.2 Å². The first-order chi connectivity index (χ1) is 15.8. The van der Waals surface area contributed by atoms with Crippen molar-refractivity contribution in [2.75, 3.05) is 27.2 Å². The molecule has 10 heteroatoms. The monoisotopic (exact) mass is 460 g/mol. The Kier molecular flexibility index (Phi) is 7.02. The second-order valence-electron chi connectivity index (χ2n) is 9.14. The molecule has 1 aromatic carbocycles. The lowest BCUT2D eigenvalue weighted by Gasteiger charge is -2.43. The lowest BCUT2D eigenvalue weighted by atomic mass is 9.86. The van der Waals surface area contributed by atoms with E-state index in [4.69, 9.17) is 0 Å². The predicted molar refractivity (Wildman–Crippen MR) is 118 cm³/mol. The molecule has 1 aliphatic carbocycles. The van der Waals surface area contributed by atoms with Crippen molar-refractivity contribution in [3.63, 3.8) is 0 Å². The standard InChI is InChI=1S/C23H30F2N6O2/c1-29(2)23(33)17-13-30(16-6-4-3-5-7-16)11-10-19(17)26-22(32)20-14-31(28-27-20)21-9-8-15(24)12-18(21)25/h8-9,12,14,16-17,19H,3-7,10-11,13H2,1-2H3,(H,26,32)/t17-,19-/m0/s1. The van der Waals surface area contributed by atoms with Gasteiger partial charge in [-0.1, -0.05) is 24.5 Å². The van der Waals surface area contributed by atoms with Crippen molar-refractivity contribution in [3.05, 3.63) is 41.7 Å². The van der Waals surface area contributed by atoms with Crippen molar-refractivity contribution in [1.29, 1.82) is 0 Å². The fourth-order valence-electron chi connectivity index (χ4n) is 4.90. The fourth-order valence-corrected chi connectivity index (χ4v) is 4.90. The summed E-state index contributed by atoms with van der Waals surface area (Å²) in [6, 6.07) is 3.25. The first kappa shape index (κ1) is 23.3. The zero-order valence-corrected chi connectivity index (χ0v) is 19.0. The van der Waals surface area contributed by atoms with Gasteiger partial charge in [0.1, 0.15) is 11.5 Å². The van der Waals surface area contributed by atoms with Gasteiger partial charge in [0, 0.05) is 45.3 Å². The topological polar surface area (TPSA) is 83.4 Å². The van der Waals surface area contributed by atoms with Crippen LogP contribution in [0.15, 0.2) is 24.4 Å². The molecule has 2 aliphatic rings. The van der Waals surface area contributed by atoms with Gasteiger partial charge >= 0.3 is 0 Å². The summed E-state index contributed by atoms with van der Waals surface area (Å²) in [6.45, 7) is 1.43. The Morgan fingerprint density at radius 3 is 2.58 bits per heavy atom. The highest BCUT2D eigenvalue weighted by Crippen LogP contribution is 2.28. The van der Waals surface area contributed by atoms with Gasteiger partial charge in [-0.25, -0.2) is 13.5 Å². The summed E-state index contributed by atoms with van der Waals surface area (Å²) in [5.41, 5.74) is -0.00566. The fraction of sp³-hybridized carbons (Fsp3) is 0.565. The van der Waals surface area contributed by atoms with E-state index in [0.717, 1.165) is 36.2 Å². The largest absolute Gasteiger partial charge is 0.348 e. The molecule has 2 aromatic rings. The van der Waals surface area contributed by atoms with Crippen molar-refractivity contribution in [3.8, 4) is 5.69 Å². The molecule has 1 N–H and O–H groups in total. The third-order valence-corrected chi connectivity index (χ3v) is 6.69. The third-order valence-electron chi connectivity index (χ3n) is 6.69. The first-order valence-electron chi connectivity index (χ1n) is 11.5. The Labute approximate surface area is 191 Å². The maximum absolute atomic E-state index is 14.0. The number of carbonyl (C=O) groups excluding carboxylic acids is 2. The molecule has 8 nitrogen and oxygen atoms in total. The number of nitrogens with one attached hydrogen (secondary N) is 1. The average Bonchev–Trinajstić information content (AvgIpc) is 3.29. The molecule has 1 aliphatic heterocycles.